The number of H-pyrrole nitrogens is 1. The van der Waals surface area contributed by atoms with E-state index in [-0.39, 0.29) is 11.5 Å². The van der Waals surface area contributed by atoms with Crippen LogP contribution in [0.2, 0.25) is 10.0 Å². The van der Waals surface area contributed by atoms with Crippen LogP contribution in [0.3, 0.4) is 0 Å². The fourth-order valence-corrected chi connectivity index (χ4v) is 6.79. The molecule has 0 radical (unpaired) electrons. The third kappa shape index (κ3) is 5.48. The number of hydrogen-bond acceptors (Lipinski definition) is 4. The fourth-order valence-electron chi connectivity index (χ4n) is 3.85. The van der Waals surface area contributed by atoms with Crippen molar-refractivity contribution in [3.8, 4) is 11.5 Å². The lowest BCUT2D eigenvalue weighted by Crippen LogP contribution is -1.85. The molecule has 0 fully saturated rings. The molecule has 186 valence electrons. The monoisotopic (exact) mass is 785 g/mol. The number of aromatic nitrogens is 1. The van der Waals surface area contributed by atoms with Gasteiger partial charge in [-0.15, -0.1) is 0 Å². The minimum Gasteiger partial charge on any atom is -0.506 e. The Morgan fingerprint density at radius 2 is 1.03 bits per heavy atom. The summed E-state index contributed by atoms with van der Waals surface area (Å²) in [6.07, 6.45) is 3.14. The van der Waals surface area contributed by atoms with Gasteiger partial charge in [0.05, 0.1) is 31.4 Å². The Morgan fingerprint density at radius 3 is 1.43 bits per heavy atom. The van der Waals surface area contributed by atoms with Crippen molar-refractivity contribution < 1.29 is 10.2 Å². The number of nitrogens with one attached hydrogen (secondary N) is 1. The number of nitrogens with zero attached hydrogens (tertiary/aromatic N) is 2. The van der Waals surface area contributed by atoms with Crippen LogP contribution in [0.1, 0.15) is 11.1 Å². The lowest BCUT2D eigenvalue weighted by Gasteiger charge is -2.04. The number of aromatic amines is 1. The lowest BCUT2D eigenvalue weighted by atomic mass is 10.1. The van der Waals surface area contributed by atoms with Crippen molar-refractivity contribution in [3.63, 3.8) is 0 Å². The highest BCUT2D eigenvalue weighted by Gasteiger charge is 2.14. The van der Waals surface area contributed by atoms with E-state index in [1.807, 2.05) is 12.1 Å². The van der Waals surface area contributed by atoms with Gasteiger partial charge in [0, 0.05) is 53.3 Å². The zero-order valence-electron chi connectivity index (χ0n) is 18.3. The molecule has 1 aromatic heterocycles. The SMILES string of the molecule is Oc1c(Br)cc(Br)cc1C=Nc1cc(Cl)cc2c1[nH]c1c(N=Cc3cc(Br)cc(Br)c3O)cc(Cl)cc12. The van der Waals surface area contributed by atoms with Gasteiger partial charge in [-0.05, 0) is 80.4 Å². The van der Waals surface area contributed by atoms with E-state index in [0.717, 1.165) is 30.8 Å². The molecule has 0 amide bonds. The zero-order valence-corrected chi connectivity index (χ0v) is 26.2. The van der Waals surface area contributed by atoms with Gasteiger partial charge in [0.2, 0.25) is 0 Å². The first-order valence-corrected chi connectivity index (χ1v) is 14.4. The number of rotatable bonds is 4. The molecule has 0 aliphatic heterocycles. The molecular formula is C26H13Br4Cl2N3O2. The van der Waals surface area contributed by atoms with Crippen molar-refractivity contribution in [2.45, 2.75) is 0 Å². The van der Waals surface area contributed by atoms with Crippen molar-refractivity contribution in [1.29, 1.82) is 0 Å². The molecule has 37 heavy (non-hydrogen) atoms. The number of benzene rings is 4. The van der Waals surface area contributed by atoms with Gasteiger partial charge < -0.3 is 15.2 Å². The maximum atomic E-state index is 10.4. The van der Waals surface area contributed by atoms with Gasteiger partial charge in [0.1, 0.15) is 11.5 Å². The topological polar surface area (TPSA) is 81.0 Å². The maximum Gasteiger partial charge on any atom is 0.138 e. The number of halogens is 6. The molecular weight excluding hydrogens is 777 g/mol. The third-order valence-electron chi connectivity index (χ3n) is 5.51. The molecule has 1 heterocycles. The summed E-state index contributed by atoms with van der Waals surface area (Å²) in [5.41, 5.74) is 3.67. The average molecular weight is 790 g/mol. The van der Waals surface area contributed by atoms with E-state index in [1.165, 1.54) is 0 Å². The Morgan fingerprint density at radius 1 is 0.622 bits per heavy atom. The molecule has 0 aliphatic rings. The second kappa shape index (κ2) is 10.7. The average Bonchev–Trinajstić information content (AvgIpc) is 3.19. The molecule has 5 rings (SSSR count). The first kappa shape index (κ1) is 26.7. The number of phenols is 2. The van der Waals surface area contributed by atoms with Crippen LogP contribution in [0.4, 0.5) is 11.4 Å². The molecule has 0 saturated heterocycles. The minimum atomic E-state index is 0.0766. The van der Waals surface area contributed by atoms with Crippen LogP contribution < -0.4 is 0 Å². The van der Waals surface area contributed by atoms with E-state index in [9.17, 15) is 10.2 Å². The first-order valence-electron chi connectivity index (χ1n) is 10.5. The van der Waals surface area contributed by atoms with Gasteiger partial charge in [-0.25, -0.2) is 0 Å². The number of phenolic OH excluding ortho intramolecular Hbond substituents is 2. The van der Waals surface area contributed by atoms with Crippen LogP contribution >= 0.6 is 86.9 Å². The summed E-state index contributed by atoms with van der Waals surface area (Å²) in [5, 5.41) is 23.4. The Bertz CT molecular complexity index is 1660. The van der Waals surface area contributed by atoms with Gasteiger partial charge in [0.25, 0.3) is 0 Å². The summed E-state index contributed by atoms with van der Waals surface area (Å²) in [6.45, 7) is 0. The zero-order chi connectivity index (χ0) is 26.4. The summed E-state index contributed by atoms with van der Waals surface area (Å²) < 4.78 is 2.68. The third-order valence-corrected chi connectivity index (χ3v) is 8.07. The van der Waals surface area contributed by atoms with Gasteiger partial charge in [-0.1, -0.05) is 55.1 Å². The molecule has 0 spiro atoms. The highest BCUT2D eigenvalue weighted by molar-refractivity contribution is 9.11. The quantitative estimate of drug-likeness (QED) is 0.159. The second-order valence-electron chi connectivity index (χ2n) is 7.99. The van der Waals surface area contributed by atoms with Crippen molar-refractivity contribution in [2.75, 3.05) is 0 Å². The molecule has 0 saturated carbocycles. The molecule has 5 aromatic rings. The van der Waals surface area contributed by atoms with Crippen LogP contribution in [-0.4, -0.2) is 27.6 Å². The Kier molecular flexibility index (Phi) is 7.73. The Hall–Kier alpha value is -1.88. The Balaban J connectivity index is 1.66. The molecule has 0 bridgehead atoms. The fraction of sp³-hybridized carbons (Fsp3) is 0. The predicted octanol–water partition coefficient (Wildman–Crippen LogP) is 10.6. The van der Waals surface area contributed by atoms with E-state index in [1.54, 1.807) is 48.8 Å². The van der Waals surface area contributed by atoms with Crippen LogP contribution in [0.25, 0.3) is 21.8 Å². The van der Waals surface area contributed by atoms with Gasteiger partial charge in [-0.3, -0.25) is 9.98 Å². The van der Waals surface area contributed by atoms with Gasteiger partial charge in [-0.2, -0.15) is 0 Å². The van der Waals surface area contributed by atoms with Crippen molar-refractivity contribution >= 4 is 133 Å². The largest absolute Gasteiger partial charge is 0.506 e. The second-order valence-corrected chi connectivity index (χ2v) is 12.4. The van der Waals surface area contributed by atoms with E-state index in [2.05, 4.69) is 78.7 Å². The van der Waals surface area contributed by atoms with Crippen LogP contribution in [-0.2, 0) is 0 Å². The summed E-state index contributed by atoms with van der Waals surface area (Å²) in [7, 11) is 0. The van der Waals surface area contributed by atoms with Crippen LogP contribution in [0.5, 0.6) is 11.5 Å². The van der Waals surface area contributed by atoms with Crippen molar-refractivity contribution in [3.05, 3.63) is 87.6 Å². The molecule has 3 N–H and O–H groups in total. The first-order chi connectivity index (χ1) is 17.6. The minimum absolute atomic E-state index is 0.0766. The summed E-state index contributed by atoms with van der Waals surface area (Å²) >= 11 is 26.5. The van der Waals surface area contributed by atoms with Gasteiger partial charge in [0.15, 0.2) is 0 Å². The van der Waals surface area contributed by atoms with E-state index in [4.69, 9.17) is 23.2 Å². The standard InChI is InChI=1S/C26H13Br4Cl2N3O2/c27-13-1-11(25(36)19(29)3-13)9-33-21-7-15(31)5-17-18-6-16(32)8-22(24(18)35-23(17)21)34-10-12-2-14(28)4-20(30)26(12)37/h1-10,35-37H. The van der Waals surface area contributed by atoms with E-state index >= 15 is 0 Å². The molecule has 11 heteroatoms. The Labute approximate surface area is 254 Å². The normalized spacial score (nSPS) is 12.1. The van der Waals surface area contributed by atoms with Crippen molar-refractivity contribution in [1.82, 2.24) is 4.98 Å². The highest BCUT2D eigenvalue weighted by Crippen LogP contribution is 2.40. The number of aliphatic imine (C=N–C) groups is 2. The molecule has 0 unspecified atom stereocenters. The predicted molar refractivity (Wildman–Crippen MR) is 167 cm³/mol. The van der Waals surface area contributed by atoms with Crippen LogP contribution in [0.15, 0.2) is 76.4 Å². The maximum absolute atomic E-state index is 10.4. The number of aromatic hydroxyl groups is 2. The van der Waals surface area contributed by atoms with Gasteiger partial charge >= 0.3 is 0 Å². The molecule has 5 nitrogen and oxygen atoms in total. The number of fused-ring (bicyclic) bond motifs is 3. The smallest absolute Gasteiger partial charge is 0.138 e. The van der Waals surface area contributed by atoms with E-state index in [0.29, 0.717) is 41.5 Å². The molecule has 0 aliphatic carbocycles. The highest BCUT2D eigenvalue weighted by atomic mass is 79.9. The molecule has 0 atom stereocenters. The number of hydrogen-bond donors (Lipinski definition) is 3. The van der Waals surface area contributed by atoms with E-state index < -0.39 is 0 Å². The van der Waals surface area contributed by atoms with Crippen molar-refractivity contribution in [2.24, 2.45) is 9.98 Å². The van der Waals surface area contributed by atoms with Crippen LogP contribution in [0, 0.1) is 0 Å². The lowest BCUT2D eigenvalue weighted by molar-refractivity contribution is 0.470. The summed E-state index contributed by atoms with van der Waals surface area (Å²) in [4.78, 5) is 12.7. The summed E-state index contributed by atoms with van der Waals surface area (Å²) in [5.74, 6) is 0.153. The summed E-state index contributed by atoms with van der Waals surface area (Å²) in [6, 6.07) is 14.2. The molecule has 4 aromatic carbocycles.